The van der Waals surface area contributed by atoms with Crippen molar-refractivity contribution in [3.8, 4) is 0 Å². The van der Waals surface area contributed by atoms with Gasteiger partial charge in [-0.05, 0) is 64.1 Å². The van der Waals surface area contributed by atoms with Crippen LogP contribution in [-0.2, 0) is 19.0 Å². The van der Waals surface area contributed by atoms with Crippen molar-refractivity contribution >= 4 is 12.1 Å². The van der Waals surface area contributed by atoms with Gasteiger partial charge in [-0.2, -0.15) is 0 Å². The van der Waals surface area contributed by atoms with E-state index in [4.69, 9.17) is 14.2 Å². The van der Waals surface area contributed by atoms with Crippen LogP contribution in [0.15, 0.2) is 36.0 Å². The zero-order chi connectivity index (χ0) is 33.1. The molecular weight excluding hydrogens is 576 g/mol. The van der Waals surface area contributed by atoms with Gasteiger partial charge in [-0.1, -0.05) is 52.0 Å². The third-order valence-electron chi connectivity index (χ3n) is 10.3. The van der Waals surface area contributed by atoms with Gasteiger partial charge in [-0.25, -0.2) is 4.79 Å². The van der Waals surface area contributed by atoms with Crippen LogP contribution in [0.2, 0.25) is 0 Å². The van der Waals surface area contributed by atoms with E-state index in [9.17, 15) is 24.9 Å². The molecule has 3 saturated heterocycles. The molecule has 4 heterocycles. The van der Waals surface area contributed by atoms with Gasteiger partial charge in [0.15, 0.2) is 0 Å². The quantitative estimate of drug-likeness (QED) is 0.149. The van der Waals surface area contributed by atoms with Crippen molar-refractivity contribution in [1.29, 1.82) is 0 Å². The van der Waals surface area contributed by atoms with Crippen molar-refractivity contribution in [2.75, 3.05) is 20.1 Å². The van der Waals surface area contributed by atoms with Crippen molar-refractivity contribution < 1.29 is 39.1 Å². The number of cyclic esters (lactones) is 1. The number of nitrogens with zero attached hydrogens (tertiary/aromatic N) is 2. The van der Waals surface area contributed by atoms with Crippen LogP contribution in [0.25, 0.3) is 0 Å². The number of aliphatic hydroxyl groups is 3. The Balaban J connectivity index is 1.43. The lowest BCUT2D eigenvalue weighted by Gasteiger charge is -2.33. The van der Waals surface area contributed by atoms with E-state index >= 15 is 0 Å². The zero-order valence-electron chi connectivity index (χ0n) is 28.2. The first-order valence-electron chi connectivity index (χ1n) is 16.8. The molecular formula is C35H56N2O8. The number of amides is 1. The summed E-state index contributed by atoms with van der Waals surface area (Å²) in [5, 5.41) is 31.7. The van der Waals surface area contributed by atoms with Crippen LogP contribution in [0.3, 0.4) is 0 Å². The molecule has 10 heteroatoms. The molecule has 0 spiro atoms. The van der Waals surface area contributed by atoms with Gasteiger partial charge >= 0.3 is 12.1 Å². The van der Waals surface area contributed by atoms with Crippen LogP contribution < -0.4 is 0 Å². The number of hydrogen-bond donors (Lipinski definition) is 3. The number of carbonyl (C=O) groups is 2. The van der Waals surface area contributed by atoms with E-state index in [1.165, 1.54) is 0 Å². The maximum Gasteiger partial charge on any atom is 0.410 e. The predicted octanol–water partition coefficient (Wildman–Crippen LogP) is 3.98. The number of piperazine rings is 1. The monoisotopic (exact) mass is 632 g/mol. The summed E-state index contributed by atoms with van der Waals surface area (Å²) in [5.74, 6) is -0.752. The molecule has 3 N–H and O–H groups in total. The number of carbonyl (C=O) groups excluding carboxylic acids is 2. The Labute approximate surface area is 269 Å². The maximum atomic E-state index is 13.2. The highest BCUT2D eigenvalue weighted by Crippen LogP contribution is 2.38. The lowest BCUT2D eigenvalue weighted by molar-refractivity contribution is -0.151. The Morgan fingerprint density at radius 3 is 2.60 bits per heavy atom. The summed E-state index contributed by atoms with van der Waals surface area (Å²) in [6, 6.07) is 0.562. The lowest BCUT2D eigenvalue weighted by atomic mass is 9.91. The second kappa shape index (κ2) is 15.1. The van der Waals surface area contributed by atoms with Gasteiger partial charge in [0.05, 0.1) is 36.4 Å². The summed E-state index contributed by atoms with van der Waals surface area (Å²) in [6.45, 7) is 13.0. The predicted molar refractivity (Wildman–Crippen MR) is 171 cm³/mol. The highest BCUT2D eigenvalue weighted by atomic mass is 16.6. The normalized spacial score (nSPS) is 38.2. The summed E-state index contributed by atoms with van der Waals surface area (Å²) in [5.41, 5.74) is -0.346. The number of ether oxygens (including phenoxy) is 3. The van der Waals surface area contributed by atoms with Crippen LogP contribution in [-0.4, -0.2) is 112 Å². The van der Waals surface area contributed by atoms with Crippen molar-refractivity contribution in [3.05, 3.63) is 36.0 Å². The molecule has 3 fully saturated rings. The maximum absolute atomic E-state index is 13.2. The molecule has 0 radical (unpaired) electrons. The molecule has 4 aliphatic heterocycles. The Kier molecular flexibility index (Phi) is 12.0. The highest BCUT2D eigenvalue weighted by molar-refractivity contribution is 5.70. The molecule has 0 aliphatic carbocycles. The molecule has 0 saturated carbocycles. The van der Waals surface area contributed by atoms with Gasteiger partial charge in [0.2, 0.25) is 0 Å². The molecule has 4 rings (SSSR count). The number of hydrogen-bond acceptors (Lipinski definition) is 9. The largest absolute Gasteiger partial charge is 0.457 e. The van der Waals surface area contributed by atoms with Gasteiger partial charge < -0.3 is 34.4 Å². The minimum atomic E-state index is -1.12. The topological polar surface area (TPSA) is 132 Å². The smallest absolute Gasteiger partial charge is 0.410 e. The number of esters is 1. The van der Waals surface area contributed by atoms with Gasteiger partial charge in [-0.3, -0.25) is 9.69 Å². The fourth-order valence-electron chi connectivity index (χ4n) is 7.07. The molecule has 254 valence electrons. The van der Waals surface area contributed by atoms with Crippen LogP contribution in [0.1, 0.15) is 80.1 Å². The van der Waals surface area contributed by atoms with E-state index in [-0.39, 0.29) is 48.5 Å². The lowest BCUT2D eigenvalue weighted by Crippen LogP contribution is -2.48. The highest BCUT2D eigenvalue weighted by Gasteiger charge is 2.47. The summed E-state index contributed by atoms with van der Waals surface area (Å²) < 4.78 is 17.7. The Hall–Kier alpha value is -2.24. The number of likely N-dealkylation sites (tertiary alicyclic amines) is 2. The van der Waals surface area contributed by atoms with Crippen molar-refractivity contribution in [2.24, 2.45) is 17.8 Å². The molecule has 1 amide bonds. The first kappa shape index (κ1) is 35.6. The van der Waals surface area contributed by atoms with Gasteiger partial charge in [0, 0.05) is 43.4 Å². The first-order valence-corrected chi connectivity index (χ1v) is 16.8. The summed E-state index contributed by atoms with van der Waals surface area (Å²) >= 11 is 0. The first-order chi connectivity index (χ1) is 21.2. The number of epoxide rings is 1. The van der Waals surface area contributed by atoms with Crippen LogP contribution in [0.4, 0.5) is 4.79 Å². The van der Waals surface area contributed by atoms with E-state index in [1.807, 2.05) is 57.7 Å². The number of aliphatic hydroxyl groups excluding tert-OH is 2. The SMILES string of the molecule is CCC(O)C(C)C1OC1CC(C)(O)/C=C/C=C(\C)C1OC(=O)CC(O)CCC(C)C(OC(=O)N2C[C@H]3C[C@@H]2CN3C)/C=C/C1C. The number of fused-ring (bicyclic) bond motifs is 2. The van der Waals surface area contributed by atoms with E-state index < -0.39 is 36.0 Å². The Morgan fingerprint density at radius 2 is 1.96 bits per heavy atom. The van der Waals surface area contributed by atoms with E-state index in [2.05, 4.69) is 11.9 Å². The number of allylic oxidation sites excluding steroid dienone is 2. The van der Waals surface area contributed by atoms with Crippen molar-refractivity contribution in [2.45, 2.75) is 134 Å². The molecule has 0 aromatic rings. The van der Waals surface area contributed by atoms with Crippen LogP contribution in [0.5, 0.6) is 0 Å². The Bertz CT molecular complexity index is 1120. The minimum absolute atomic E-state index is 0.00853. The molecule has 0 aromatic carbocycles. The molecule has 10 unspecified atom stereocenters. The fourth-order valence-corrected chi connectivity index (χ4v) is 7.07. The van der Waals surface area contributed by atoms with Crippen LogP contribution >= 0.6 is 0 Å². The molecule has 10 nitrogen and oxygen atoms in total. The van der Waals surface area contributed by atoms with E-state index in [0.717, 1.165) is 18.5 Å². The van der Waals surface area contributed by atoms with Crippen molar-refractivity contribution in [1.82, 2.24) is 9.80 Å². The third-order valence-corrected chi connectivity index (χ3v) is 10.3. The fraction of sp³-hybridized carbons (Fsp3) is 0.771. The Morgan fingerprint density at radius 1 is 1.22 bits per heavy atom. The van der Waals surface area contributed by atoms with E-state index in [0.29, 0.717) is 38.3 Å². The third kappa shape index (κ3) is 9.41. The molecule has 0 aromatic heterocycles. The summed E-state index contributed by atoms with van der Waals surface area (Å²) in [4.78, 5) is 30.2. The van der Waals surface area contributed by atoms with Crippen LogP contribution in [0, 0.1) is 17.8 Å². The minimum Gasteiger partial charge on any atom is -0.457 e. The molecule has 2 bridgehead atoms. The average molecular weight is 633 g/mol. The van der Waals surface area contributed by atoms with Gasteiger partial charge in [0.25, 0.3) is 0 Å². The average Bonchev–Trinajstić information content (AvgIpc) is 3.44. The van der Waals surface area contributed by atoms with Crippen molar-refractivity contribution in [3.63, 3.8) is 0 Å². The second-order valence-electron chi connectivity index (χ2n) is 14.4. The zero-order valence-corrected chi connectivity index (χ0v) is 28.2. The second-order valence-corrected chi connectivity index (χ2v) is 14.4. The van der Waals surface area contributed by atoms with Gasteiger partial charge in [-0.15, -0.1) is 0 Å². The summed E-state index contributed by atoms with van der Waals surface area (Å²) in [6.07, 6.45) is 9.23. The molecule has 45 heavy (non-hydrogen) atoms. The molecule has 4 aliphatic rings. The number of rotatable bonds is 9. The standard InChI is InChI=1S/C35H56N2O8/c1-8-28(39)24(5)33-30(43-33)18-35(6,42)15-9-10-22(3)32-23(4)12-14-29(21(2)11-13-27(38)17-31(40)45-32)44-34(41)37-20-25-16-26(37)19-36(25)7/h9-10,12,14-15,21,23-30,32-33,38-39,42H,8,11,13,16-20H2,1-7H3/b14-12+,15-9+,22-10+/t21?,23?,24?,25-,26-,27?,28?,29?,30?,32?,33?,35?/m1/s1. The van der Waals surface area contributed by atoms with Gasteiger partial charge in [0.1, 0.15) is 12.2 Å². The number of likely N-dealkylation sites (N-methyl/N-ethyl adjacent to an activating group) is 1. The van der Waals surface area contributed by atoms with E-state index in [1.54, 1.807) is 19.1 Å². The molecule has 12 atom stereocenters. The summed E-state index contributed by atoms with van der Waals surface area (Å²) in [7, 11) is 2.09.